The number of Topliss-reactive ketones (excluding diaryl/α,β-unsaturated/α-hetero) is 1. The van der Waals surface area contributed by atoms with Gasteiger partial charge in [-0.05, 0) is 111 Å². The van der Waals surface area contributed by atoms with Crippen LogP contribution in [0.2, 0.25) is 0 Å². The normalized spacial score (nSPS) is 51.6. The summed E-state index contributed by atoms with van der Waals surface area (Å²) in [6.45, 7) is 11.8. The molecular formula is C35H54O9. The van der Waals surface area contributed by atoms with E-state index in [1.165, 1.54) is 13.3 Å². The molecule has 9 unspecified atom stereocenters. The lowest BCUT2D eigenvalue weighted by molar-refractivity contribution is -0.263. The van der Waals surface area contributed by atoms with E-state index in [4.69, 9.17) is 18.9 Å². The van der Waals surface area contributed by atoms with Crippen molar-refractivity contribution in [3.63, 3.8) is 0 Å². The highest BCUT2D eigenvalue weighted by atomic mass is 16.7. The van der Waals surface area contributed by atoms with Gasteiger partial charge in [-0.15, -0.1) is 0 Å². The minimum atomic E-state index is -1.27. The van der Waals surface area contributed by atoms with E-state index in [9.17, 15) is 24.9 Å². The molecule has 0 bridgehead atoms. The van der Waals surface area contributed by atoms with Crippen molar-refractivity contribution >= 4 is 11.8 Å². The van der Waals surface area contributed by atoms with Gasteiger partial charge in [0.2, 0.25) is 0 Å². The van der Waals surface area contributed by atoms with Crippen LogP contribution >= 0.6 is 0 Å². The minimum absolute atomic E-state index is 0.0136. The summed E-state index contributed by atoms with van der Waals surface area (Å²) in [5.74, 6) is 0.804. The molecule has 0 aromatic heterocycles. The zero-order valence-corrected chi connectivity index (χ0v) is 27.4. The zero-order chi connectivity index (χ0) is 31.6. The van der Waals surface area contributed by atoms with Crippen molar-refractivity contribution in [1.29, 1.82) is 0 Å². The second kappa shape index (κ2) is 10.2. The van der Waals surface area contributed by atoms with Crippen LogP contribution in [0, 0.1) is 45.3 Å². The Bertz CT molecular complexity index is 1180. The summed E-state index contributed by atoms with van der Waals surface area (Å²) in [5, 5.41) is 30.9. The van der Waals surface area contributed by atoms with Gasteiger partial charge in [0.05, 0.1) is 30.5 Å². The Morgan fingerprint density at radius 3 is 2.39 bits per heavy atom. The Kier molecular flexibility index (Phi) is 7.30. The van der Waals surface area contributed by atoms with Gasteiger partial charge in [-0.2, -0.15) is 0 Å². The van der Waals surface area contributed by atoms with Crippen LogP contribution in [0.15, 0.2) is 0 Å². The third-order valence-electron chi connectivity index (χ3n) is 14.3. The molecule has 7 aliphatic rings. The monoisotopic (exact) mass is 618 g/mol. The summed E-state index contributed by atoms with van der Waals surface area (Å²) >= 11 is 0. The van der Waals surface area contributed by atoms with Gasteiger partial charge in [0.1, 0.15) is 12.2 Å². The Morgan fingerprint density at radius 2 is 1.70 bits per heavy atom. The fourth-order valence-corrected chi connectivity index (χ4v) is 12.3. The average Bonchev–Trinajstić information content (AvgIpc) is 3.55. The van der Waals surface area contributed by atoms with Crippen LogP contribution < -0.4 is 0 Å². The van der Waals surface area contributed by atoms with Crippen LogP contribution in [0.4, 0.5) is 0 Å². The van der Waals surface area contributed by atoms with E-state index in [0.29, 0.717) is 24.7 Å². The fourth-order valence-electron chi connectivity index (χ4n) is 12.3. The van der Waals surface area contributed by atoms with E-state index in [1.54, 1.807) is 13.8 Å². The molecule has 2 spiro atoms. The highest BCUT2D eigenvalue weighted by Crippen LogP contribution is 2.87. The summed E-state index contributed by atoms with van der Waals surface area (Å²) in [4.78, 5) is 26.4. The van der Waals surface area contributed by atoms with Gasteiger partial charge in [-0.3, -0.25) is 9.59 Å². The molecule has 0 aromatic carbocycles. The maximum absolute atomic E-state index is 14.5. The average molecular weight is 619 g/mol. The standard InChI is InChI=1S/C35H54O9/c1-18(36)42-30(32(4,5)40)23-9-7-20-29(43-23)28(39)27-19-8-10-24-31(2,3)25(44-26-15-21(37)22(38)16-41-26)11-12-35(24)17-34(19,35)14-13-33(20,27)6/h19-27,29-30,37-38,40H,7-17H2,1-6H3/t19?,20-,21?,22?,23?,24-,25-,26?,27?,29?,30-,33?,34-,35?/m0/s1. The first-order chi connectivity index (χ1) is 20.5. The molecule has 9 nitrogen and oxygen atoms in total. The maximum Gasteiger partial charge on any atom is 0.303 e. The molecule has 7 fully saturated rings. The molecule has 9 heteroatoms. The number of aliphatic hydroxyl groups is 3. The summed E-state index contributed by atoms with van der Waals surface area (Å²) in [6, 6.07) is 0. The lowest BCUT2D eigenvalue weighted by Gasteiger charge is -2.59. The molecule has 248 valence electrons. The minimum Gasteiger partial charge on any atom is -0.457 e. The lowest BCUT2D eigenvalue weighted by atomic mass is 9.46. The maximum atomic E-state index is 14.5. The highest BCUT2D eigenvalue weighted by Gasteiger charge is 2.82. The highest BCUT2D eigenvalue weighted by molar-refractivity contribution is 5.90. The van der Waals surface area contributed by atoms with E-state index >= 15 is 0 Å². The van der Waals surface area contributed by atoms with E-state index < -0.39 is 48.4 Å². The molecule has 0 amide bonds. The van der Waals surface area contributed by atoms with Crippen LogP contribution in [0.1, 0.15) is 106 Å². The van der Waals surface area contributed by atoms with Crippen molar-refractivity contribution in [3.05, 3.63) is 0 Å². The first-order valence-corrected chi connectivity index (χ1v) is 17.3. The smallest absolute Gasteiger partial charge is 0.303 e. The van der Waals surface area contributed by atoms with Crippen LogP contribution in [-0.2, 0) is 28.5 Å². The van der Waals surface area contributed by atoms with Gasteiger partial charge in [0.25, 0.3) is 0 Å². The topological polar surface area (TPSA) is 132 Å². The molecule has 3 N–H and O–H groups in total. The van der Waals surface area contributed by atoms with E-state index in [-0.39, 0.29) is 52.0 Å². The predicted molar refractivity (Wildman–Crippen MR) is 159 cm³/mol. The first-order valence-electron chi connectivity index (χ1n) is 17.3. The molecule has 5 aliphatic carbocycles. The number of hydrogen-bond acceptors (Lipinski definition) is 9. The third kappa shape index (κ3) is 4.38. The number of rotatable bonds is 5. The molecule has 2 aliphatic heterocycles. The van der Waals surface area contributed by atoms with Gasteiger partial charge in [-0.25, -0.2) is 0 Å². The Balaban J connectivity index is 1.10. The Hall–Kier alpha value is -1.10. The van der Waals surface area contributed by atoms with Gasteiger partial charge in [-0.1, -0.05) is 20.8 Å². The number of carbonyl (C=O) groups is 2. The van der Waals surface area contributed by atoms with Crippen LogP contribution in [0.25, 0.3) is 0 Å². The summed E-state index contributed by atoms with van der Waals surface area (Å²) in [7, 11) is 0. The van der Waals surface area contributed by atoms with Gasteiger partial charge in [0.15, 0.2) is 18.2 Å². The van der Waals surface area contributed by atoms with Crippen LogP contribution in [0.5, 0.6) is 0 Å². The van der Waals surface area contributed by atoms with E-state index in [2.05, 4.69) is 20.8 Å². The van der Waals surface area contributed by atoms with Gasteiger partial charge >= 0.3 is 5.97 Å². The molecular weight excluding hydrogens is 564 g/mol. The molecule has 44 heavy (non-hydrogen) atoms. The number of ketones is 1. The zero-order valence-electron chi connectivity index (χ0n) is 27.4. The van der Waals surface area contributed by atoms with Crippen molar-refractivity contribution in [3.8, 4) is 0 Å². The van der Waals surface area contributed by atoms with Crippen molar-refractivity contribution in [1.82, 2.24) is 0 Å². The SMILES string of the molecule is CC(=O)O[C@@H](C1CC[C@H]2C(O1)C(=O)C1C3CC[C@H]4C(C)(C)[C@@H](OC5CC(O)C(O)CO5)CCC45C[C@@]35CCC12C)C(C)(C)O. The molecule has 2 saturated heterocycles. The summed E-state index contributed by atoms with van der Waals surface area (Å²) < 4.78 is 24.5. The second-order valence-electron chi connectivity index (χ2n) is 17.2. The number of carbonyl (C=O) groups excluding carboxylic acids is 2. The number of aliphatic hydroxyl groups excluding tert-OH is 2. The lowest BCUT2D eigenvalue weighted by Crippen LogP contribution is -2.56. The van der Waals surface area contributed by atoms with E-state index in [0.717, 1.165) is 44.9 Å². The van der Waals surface area contributed by atoms with Crippen molar-refractivity contribution in [2.45, 2.75) is 154 Å². The van der Waals surface area contributed by atoms with Crippen molar-refractivity contribution in [2.75, 3.05) is 6.61 Å². The largest absolute Gasteiger partial charge is 0.457 e. The summed E-state index contributed by atoms with van der Waals surface area (Å²) in [6.07, 6.45) is 5.40. The molecule has 5 saturated carbocycles. The number of esters is 1. The molecule has 2 heterocycles. The molecule has 14 atom stereocenters. The van der Waals surface area contributed by atoms with Gasteiger partial charge in [0, 0.05) is 19.3 Å². The fraction of sp³-hybridized carbons (Fsp3) is 0.943. The van der Waals surface area contributed by atoms with Crippen molar-refractivity contribution < 1.29 is 43.9 Å². The molecule has 7 rings (SSSR count). The number of hydrogen-bond donors (Lipinski definition) is 3. The number of ether oxygens (including phenoxy) is 4. The molecule has 0 aromatic rings. The van der Waals surface area contributed by atoms with E-state index in [1.807, 2.05) is 0 Å². The summed E-state index contributed by atoms with van der Waals surface area (Å²) in [5.41, 5.74) is -0.999. The predicted octanol–water partition coefficient (Wildman–Crippen LogP) is 3.93. The molecule has 0 radical (unpaired) electrons. The van der Waals surface area contributed by atoms with Crippen LogP contribution in [-0.4, -0.2) is 82.2 Å². The van der Waals surface area contributed by atoms with Gasteiger partial charge < -0.3 is 34.3 Å². The third-order valence-corrected chi connectivity index (χ3v) is 14.3. The van der Waals surface area contributed by atoms with Crippen molar-refractivity contribution in [2.24, 2.45) is 45.3 Å². The Labute approximate surface area is 261 Å². The quantitative estimate of drug-likeness (QED) is 0.310. The van der Waals surface area contributed by atoms with Crippen LogP contribution in [0.3, 0.4) is 0 Å². The first kappa shape index (κ1) is 31.5. The second-order valence-corrected chi connectivity index (χ2v) is 17.2. The number of fused-ring (bicyclic) bond motifs is 4. The Morgan fingerprint density at radius 1 is 0.977 bits per heavy atom.